The van der Waals surface area contributed by atoms with E-state index in [0.29, 0.717) is 23.6 Å². The zero-order chi connectivity index (χ0) is 26.5. The Morgan fingerprint density at radius 1 is 0.842 bits per heavy atom. The van der Waals surface area contributed by atoms with Gasteiger partial charge in [0.1, 0.15) is 0 Å². The predicted molar refractivity (Wildman–Crippen MR) is 148 cm³/mol. The number of benzene rings is 1. The van der Waals surface area contributed by atoms with Crippen molar-refractivity contribution in [1.29, 1.82) is 0 Å². The maximum atomic E-state index is 13.9. The summed E-state index contributed by atoms with van der Waals surface area (Å²) in [5.74, 6) is -0.808. The first-order chi connectivity index (χ1) is 18.6. The van der Waals surface area contributed by atoms with Gasteiger partial charge in [0.05, 0.1) is 24.1 Å². The van der Waals surface area contributed by atoms with Gasteiger partial charge in [-0.3, -0.25) is 19.3 Å². The van der Waals surface area contributed by atoms with E-state index in [9.17, 15) is 14.4 Å². The van der Waals surface area contributed by atoms with E-state index in [-0.39, 0.29) is 42.5 Å². The number of rotatable bonds is 7. The Balaban J connectivity index is 1.43. The highest BCUT2D eigenvalue weighted by atomic mass is 16.5. The number of fused-ring (bicyclic) bond motifs is 3. The normalized spacial score (nSPS) is 25.3. The molecule has 0 spiro atoms. The van der Waals surface area contributed by atoms with E-state index in [4.69, 9.17) is 4.74 Å². The number of carbonyl (C=O) groups excluding carboxylic acids is 2. The Bertz CT molecular complexity index is 1170. The summed E-state index contributed by atoms with van der Waals surface area (Å²) in [5, 5.41) is 0. The van der Waals surface area contributed by atoms with Crippen LogP contribution in [-0.4, -0.2) is 50.9 Å². The minimum Gasteiger partial charge on any atom is -0.466 e. The van der Waals surface area contributed by atoms with E-state index in [1.807, 2.05) is 28.8 Å². The van der Waals surface area contributed by atoms with E-state index in [2.05, 4.69) is 9.88 Å². The Kier molecular flexibility index (Phi) is 8.93. The smallest absolute Gasteiger partial charge is 0.306 e. The Morgan fingerprint density at radius 3 is 2.16 bits per heavy atom. The molecule has 0 N–H and O–H groups in total. The van der Waals surface area contributed by atoms with E-state index >= 15 is 0 Å². The quantitative estimate of drug-likeness (QED) is 0.329. The van der Waals surface area contributed by atoms with Crippen molar-refractivity contribution in [3.05, 3.63) is 40.3 Å². The highest BCUT2D eigenvalue weighted by Crippen LogP contribution is 2.42. The highest BCUT2D eigenvalue weighted by molar-refractivity contribution is 5.97. The molecule has 0 amide bonds. The molecule has 2 aromatic rings. The van der Waals surface area contributed by atoms with Gasteiger partial charge >= 0.3 is 5.97 Å². The molecule has 2 bridgehead atoms. The summed E-state index contributed by atoms with van der Waals surface area (Å²) in [5.41, 5.74) is 1.11. The molecule has 7 nitrogen and oxygen atoms in total. The molecule has 1 aliphatic carbocycles. The molecule has 38 heavy (non-hydrogen) atoms. The predicted octanol–water partition coefficient (Wildman–Crippen LogP) is 5.98. The third kappa shape index (κ3) is 5.88. The minimum absolute atomic E-state index is 0.0372. The van der Waals surface area contributed by atoms with Crippen molar-refractivity contribution < 1.29 is 14.3 Å². The number of hydrogen-bond acceptors (Lipinski definition) is 6. The number of carbonyl (C=O) groups is 2. The number of ketones is 1. The van der Waals surface area contributed by atoms with Gasteiger partial charge in [0, 0.05) is 30.6 Å². The zero-order valence-electron chi connectivity index (χ0n) is 22.9. The van der Waals surface area contributed by atoms with E-state index in [1.165, 1.54) is 70.6 Å². The minimum atomic E-state index is -0.424. The van der Waals surface area contributed by atoms with Gasteiger partial charge in [-0.15, -0.1) is 0 Å². The molecule has 1 saturated carbocycles. The van der Waals surface area contributed by atoms with Gasteiger partial charge in [-0.2, -0.15) is 0 Å². The van der Waals surface area contributed by atoms with Crippen LogP contribution in [0.3, 0.4) is 0 Å². The fraction of sp³-hybridized carbons (Fsp3) is 0.677. The highest BCUT2D eigenvalue weighted by Gasteiger charge is 2.42. The van der Waals surface area contributed by atoms with Gasteiger partial charge in [0.25, 0.3) is 5.56 Å². The summed E-state index contributed by atoms with van der Waals surface area (Å²) < 4.78 is 6.85. The lowest BCUT2D eigenvalue weighted by molar-refractivity contribution is -0.143. The number of hydrogen-bond donors (Lipinski definition) is 0. The van der Waals surface area contributed by atoms with Crippen LogP contribution in [0.1, 0.15) is 120 Å². The molecule has 1 aromatic heterocycles. The van der Waals surface area contributed by atoms with Crippen LogP contribution >= 0.6 is 0 Å². The summed E-state index contributed by atoms with van der Waals surface area (Å²) in [7, 11) is 0. The van der Waals surface area contributed by atoms with E-state index < -0.39 is 5.97 Å². The lowest BCUT2D eigenvalue weighted by atomic mass is 9.79. The summed E-state index contributed by atoms with van der Waals surface area (Å²) in [4.78, 5) is 46.2. The number of piperidine rings is 2. The molecule has 5 rings (SSSR count). The van der Waals surface area contributed by atoms with Crippen molar-refractivity contribution in [3.63, 3.8) is 0 Å². The first-order valence-electron chi connectivity index (χ1n) is 15.0. The molecular formula is C31H43N3O4. The Hall–Kier alpha value is -2.54. The van der Waals surface area contributed by atoms with Crippen LogP contribution in [-0.2, 0) is 9.53 Å². The number of nitrogens with zero attached hydrogens (tertiary/aromatic N) is 3. The Morgan fingerprint density at radius 2 is 1.47 bits per heavy atom. The van der Waals surface area contributed by atoms with Crippen LogP contribution in [0.4, 0.5) is 0 Å². The van der Waals surface area contributed by atoms with Crippen molar-refractivity contribution in [2.75, 3.05) is 6.61 Å². The number of ether oxygens (including phenoxy) is 1. The summed E-state index contributed by atoms with van der Waals surface area (Å²) in [6.45, 7) is 2.01. The first-order valence-corrected chi connectivity index (χ1v) is 15.0. The molecular weight excluding hydrogens is 478 g/mol. The second-order valence-corrected chi connectivity index (χ2v) is 11.5. The molecule has 1 aromatic carbocycles. The molecule has 206 valence electrons. The van der Waals surface area contributed by atoms with Gasteiger partial charge in [0.2, 0.25) is 0 Å². The van der Waals surface area contributed by atoms with E-state index in [0.717, 1.165) is 18.4 Å². The van der Waals surface area contributed by atoms with Gasteiger partial charge in [-0.25, -0.2) is 4.98 Å². The third-order valence-electron chi connectivity index (χ3n) is 9.04. The van der Waals surface area contributed by atoms with E-state index in [1.54, 1.807) is 6.92 Å². The van der Waals surface area contributed by atoms with Crippen molar-refractivity contribution in [3.8, 4) is 0 Å². The molecule has 7 heteroatoms. The molecule has 2 aliphatic heterocycles. The number of aromatic nitrogens is 2. The Labute approximate surface area is 225 Å². The maximum Gasteiger partial charge on any atom is 0.306 e. The summed E-state index contributed by atoms with van der Waals surface area (Å²) in [6, 6.07) is 9.35. The van der Waals surface area contributed by atoms with Crippen LogP contribution in [0.15, 0.2) is 29.1 Å². The van der Waals surface area contributed by atoms with Crippen molar-refractivity contribution in [1.82, 2.24) is 14.5 Å². The monoisotopic (exact) mass is 521 g/mol. The zero-order valence-corrected chi connectivity index (χ0v) is 22.9. The van der Waals surface area contributed by atoms with Crippen LogP contribution < -0.4 is 5.56 Å². The van der Waals surface area contributed by atoms with Crippen LogP contribution in [0.5, 0.6) is 0 Å². The second kappa shape index (κ2) is 12.5. The molecule has 3 atom stereocenters. The number of Topliss-reactive ketones (excluding diaryl/α,β-unsaturated/α-hetero) is 1. The lowest BCUT2D eigenvalue weighted by Crippen LogP contribution is -2.57. The van der Waals surface area contributed by atoms with Crippen LogP contribution in [0.25, 0.3) is 11.0 Å². The fourth-order valence-corrected chi connectivity index (χ4v) is 7.37. The molecule has 0 radical (unpaired) electrons. The van der Waals surface area contributed by atoms with Gasteiger partial charge < -0.3 is 9.30 Å². The molecule has 2 saturated heterocycles. The molecule has 3 fully saturated rings. The lowest BCUT2D eigenvalue weighted by Gasteiger charge is -2.53. The average molecular weight is 522 g/mol. The van der Waals surface area contributed by atoms with Crippen molar-refractivity contribution in [2.24, 2.45) is 0 Å². The number of esters is 1. The van der Waals surface area contributed by atoms with Gasteiger partial charge in [-0.1, -0.05) is 57.1 Å². The standard InChI is InChI=1S/C31H43N3O4/c1-2-38-29(36)19-18-28(35)30-31(37)34(27-17-10-9-16-26(27)32-30)25-20-23-14-11-15-24(21-25)33(23)22-12-7-5-3-4-6-8-13-22/h9-10,16-17,22-25H,2-8,11-15,18-21H2,1H3/t23-,24+,25+. The number of para-hydroxylation sites is 2. The fourth-order valence-electron chi connectivity index (χ4n) is 7.37. The SMILES string of the molecule is CCOC(=O)CCC(=O)c1nc2ccccc2n([C@H]2C[C@H]3CCC[C@@H](C2)N3C2CCCCCCCC2)c1=O. The second-order valence-electron chi connectivity index (χ2n) is 11.5. The first kappa shape index (κ1) is 27.0. The summed E-state index contributed by atoms with van der Waals surface area (Å²) >= 11 is 0. The van der Waals surface area contributed by atoms with Crippen molar-refractivity contribution in [2.45, 2.75) is 127 Å². The van der Waals surface area contributed by atoms with Gasteiger partial charge in [0.15, 0.2) is 11.5 Å². The van der Waals surface area contributed by atoms with Crippen LogP contribution in [0.2, 0.25) is 0 Å². The van der Waals surface area contributed by atoms with Gasteiger partial charge in [-0.05, 0) is 57.6 Å². The third-order valence-corrected chi connectivity index (χ3v) is 9.04. The molecule has 3 heterocycles. The van der Waals surface area contributed by atoms with Crippen LogP contribution in [0, 0.1) is 0 Å². The largest absolute Gasteiger partial charge is 0.466 e. The maximum absolute atomic E-state index is 13.9. The molecule has 3 aliphatic rings. The topological polar surface area (TPSA) is 81.5 Å². The molecule has 0 unspecified atom stereocenters. The summed E-state index contributed by atoms with van der Waals surface area (Å²) in [6.07, 6.45) is 16.1. The van der Waals surface area contributed by atoms with Crippen molar-refractivity contribution >= 4 is 22.8 Å². The average Bonchev–Trinajstić information content (AvgIpc) is 3.05.